The number of allylic oxidation sites excluding steroid dienone is 18. The number of esters is 4. The SMILES string of the molecule is CC/C=C\C/C=C\C/C=C\CCCCCCCCCC(=O)OCC(COP(=O)(O)OCC(O)COP(=O)(O)OCC(COC(=O)CCCCCCCC/C=C\C/C=C\C/C=C\CCCCC)OC(=O)CCCCCCC/C=C\C/C=C\C/C=C\CC)OC(=O)CCCCCCCCCCCCCCC. The van der Waals surface area contributed by atoms with Crippen molar-refractivity contribution in [1.29, 1.82) is 0 Å². The molecule has 0 spiro atoms. The first kappa shape index (κ1) is 99.7. The van der Waals surface area contributed by atoms with Crippen LogP contribution in [0, 0.1) is 0 Å². The van der Waals surface area contributed by atoms with E-state index in [4.69, 9.17) is 37.0 Å². The summed E-state index contributed by atoms with van der Waals surface area (Å²) < 4.78 is 68.7. The third kappa shape index (κ3) is 75.9. The zero-order chi connectivity index (χ0) is 76.0. The van der Waals surface area contributed by atoms with E-state index in [0.717, 1.165) is 199 Å². The van der Waals surface area contributed by atoms with Gasteiger partial charge in [-0.25, -0.2) is 9.13 Å². The van der Waals surface area contributed by atoms with Crippen molar-refractivity contribution >= 4 is 39.5 Å². The zero-order valence-corrected chi connectivity index (χ0v) is 67.5. The molecule has 0 aliphatic heterocycles. The van der Waals surface area contributed by atoms with E-state index in [1.54, 1.807) is 0 Å². The summed E-state index contributed by atoms with van der Waals surface area (Å²) in [5, 5.41) is 10.7. The van der Waals surface area contributed by atoms with Crippen LogP contribution in [0.15, 0.2) is 109 Å². The Morgan fingerprint density at radius 1 is 0.279 bits per heavy atom. The van der Waals surface area contributed by atoms with Crippen molar-refractivity contribution in [2.45, 2.75) is 367 Å². The average molecular weight is 1500 g/mol. The molecule has 0 aromatic heterocycles. The lowest BCUT2D eigenvalue weighted by Gasteiger charge is -2.21. The predicted octanol–water partition coefficient (Wildman–Crippen LogP) is 24.1. The minimum atomic E-state index is -4.99. The van der Waals surface area contributed by atoms with E-state index < -0.39 is 97.5 Å². The van der Waals surface area contributed by atoms with E-state index >= 15 is 0 Å². The number of rotatable bonds is 77. The van der Waals surface area contributed by atoms with Crippen LogP contribution in [-0.4, -0.2) is 96.7 Å². The molecule has 104 heavy (non-hydrogen) atoms. The highest BCUT2D eigenvalue weighted by Gasteiger charge is 2.30. The molecule has 0 amide bonds. The molecule has 5 unspecified atom stereocenters. The van der Waals surface area contributed by atoms with E-state index in [2.05, 4.69) is 137 Å². The summed E-state index contributed by atoms with van der Waals surface area (Å²) >= 11 is 0. The van der Waals surface area contributed by atoms with Crippen LogP contribution in [0.25, 0.3) is 0 Å². The number of ether oxygens (including phenoxy) is 4. The van der Waals surface area contributed by atoms with Gasteiger partial charge in [0, 0.05) is 25.7 Å². The Morgan fingerprint density at radius 2 is 0.500 bits per heavy atom. The summed E-state index contributed by atoms with van der Waals surface area (Å²) in [5.41, 5.74) is 0. The van der Waals surface area contributed by atoms with Crippen molar-refractivity contribution < 1.29 is 80.2 Å². The Hall–Kier alpha value is -4.28. The molecule has 0 fully saturated rings. The van der Waals surface area contributed by atoms with Crippen molar-refractivity contribution in [2.75, 3.05) is 39.6 Å². The highest BCUT2D eigenvalue weighted by molar-refractivity contribution is 7.47. The molecule has 0 aromatic rings. The quantitative estimate of drug-likeness (QED) is 0.0169. The largest absolute Gasteiger partial charge is 0.472 e. The maximum Gasteiger partial charge on any atom is 0.472 e. The maximum atomic E-state index is 13.1. The number of phosphoric ester groups is 2. The number of aliphatic hydroxyl groups is 1. The molecule has 0 aliphatic rings. The molecule has 19 heteroatoms. The van der Waals surface area contributed by atoms with Crippen LogP contribution in [0.1, 0.15) is 349 Å². The minimum absolute atomic E-state index is 0.0720. The fourth-order valence-electron chi connectivity index (χ4n) is 11.0. The second kappa shape index (κ2) is 76.9. The first-order chi connectivity index (χ1) is 50.7. The lowest BCUT2D eigenvalue weighted by atomic mass is 10.0. The summed E-state index contributed by atoms with van der Waals surface area (Å²) in [4.78, 5) is 73.1. The maximum absolute atomic E-state index is 13.1. The minimum Gasteiger partial charge on any atom is -0.462 e. The van der Waals surface area contributed by atoms with Gasteiger partial charge in [-0.3, -0.25) is 37.3 Å². The zero-order valence-electron chi connectivity index (χ0n) is 65.7. The van der Waals surface area contributed by atoms with Crippen molar-refractivity contribution in [1.82, 2.24) is 0 Å². The van der Waals surface area contributed by atoms with Crippen LogP contribution >= 0.6 is 15.6 Å². The molecule has 3 N–H and O–H groups in total. The normalized spacial score (nSPS) is 14.4. The predicted molar refractivity (Wildman–Crippen MR) is 427 cm³/mol. The van der Waals surface area contributed by atoms with Gasteiger partial charge in [0.1, 0.15) is 19.3 Å². The lowest BCUT2D eigenvalue weighted by molar-refractivity contribution is -0.161. The summed E-state index contributed by atoms with van der Waals surface area (Å²) in [6.45, 7) is 4.63. The molecule has 0 rings (SSSR count). The molecule has 5 atom stereocenters. The number of aliphatic hydroxyl groups excluding tert-OH is 1. The third-order valence-corrected chi connectivity index (χ3v) is 19.1. The Balaban J connectivity index is 5.36. The second-order valence-electron chi connectivity index (χ2n) is 27.3. The van der Waals surface area contributed by atoms with Crippen LogP contribution in [0.3, 0.4) is 0 Å². The van der Waals surface area contributed by atoms with Crippen molar-refractivity contribution in [3.63, 3.8) is 0 Å². The van der Waals surface area contributed by atoms with Crippen molar-refractivity contribution in [3.05, 3.63) is 109 Å². The molecule has 0 heterocycles. The number of unbranched alkanes of at least 4 members (excludes halogenated alkanes) is 33. The van der Waals surface area contributed by atoms with Gasteiger partial charge in [-0.05, 0) is 128 Å². The van der Waals surface area contributed by atoms with E-state index in [1.807, 2.05) is 0 Å². The summed E-state index contributed by atoms with van der Waals surface area (Å²) in [6, 6.07) is 0. The summed E-state index contributed by atoms with van der Waals surface area (Å²) in [5.74, 6) is -2.20. The van der Waals surface area contributed by atoms with Gasteiger partial charge in [-0.1, -0.05) is 304 Å². The Morgan fingerprint density at radius 3 is 0.788 bits per heavy atom. The van der Waals surface area contributed by atoms with Gasteiger partial charge in [-0.15, -0.1) is 0 Å². The molecule has 0 aromatic carbocycles. The van der Waals surface area contributed by atoms with Crippen molar-refractivity contribution in [3.8, 4) is 0 Å². The van der Waals surface area contributed by atoms with Gasteiger partial charge in [0.2, 0.25) is 0 Å². The number of phosphoric acid groups is 2. The molecular formula is C85H148O17P2. The fraction of sp³-hybridized carbons (Fsp3) is 0.741. The van der Waals surface area contributed by atoms with Gasteiger partial charge in [-0.2, -0.15) is 0 Å². The highest BCUT2D eigenvalue weighted by Crippen LogP contribution is 2.45. The number of carbonyl (C=O) groups is 4. The fourth-order valence-corrected chi connectivity index (χ4v) is 12.6. The summed E-state index contributed by atoms with van der Waals surface area (Å²) in [7, 11) is -9.97. The van der Waals surface area contributed by atoms with Crippen LogP contribution in [0.4, 0.5) is 0 Å². The second-order valence-corrected chi connectivity index (χ2v) is 30.2. The van der Waals surface area contributed by atoms with Crippen LogP contribution in [-0.2, 0) is 65.4 Å². The number of carbonyl (C=O) groups excluding carboxylic acids is 4. The van der Waals surface area contributed by atoms with Gasteiger partial charge >= 0.3 is 39.5 Å². The Bertz CT molecular complexity index is 2390. The monoisotopic (exact) mass is 1500 g/mol. The molecule has 0 saturated carbocycles. The standard InChI is InChI=1S/C85H148O17P2/c1-5-9-13-17-21-25-29-33-36-38-39-41-44-47-50-54-58-62-66-70-83(88)96-76-81(102-85(90)72-68-64-60-56-52-48-42-35-31-27-23-19-15-11-7-3)78-100-104(93,94)98-74-79(86)73-97-103(91,92)99-77-80(101-84(89)71-67-63-59-55-51-45-32-28-24-20-16-12-8-4)75-95-82(87)69-65-61-57-53-49-46-43-40-37-34-30-26-22-18-14-10-6-2/h10-11,14-15,21-23,25-27,33-37,39,41-42,79-81,86H,5-9,12-13,16-20,24,28-32,38,40,43-78H2,1-4H3,(H,91,92)(H,93,94)/b14-10-,15-11-,25-21-,26-22-,27-23-,36-33-,37-34-,41-39-,42-35-. The average Bonchev–Trinajstić information content (AvgIpc) is 0.918. The molecule has 0 saturated heterocycles. The molecule has 0 aliphatic carbocycles. The first-order valence-electron chi connectivity index (χ1n) is 41.1. The number of hydrogen-bond acceptors (Lipinski definition) is 15. The van der Waals surface area contributed by atoms with Crippen LogP contribution in [0.2, 0.25) is 0 Å². The Kier molecular flexibility index (Phi) is 73.7. The first-order valence-corrected chi connectivity index (χ1v) is 44.1. The van der Waals surface area contributed by atoms with Crippen molar-refractivity contribution in [2.24, 2.45) is 0 Å². The lowest BCUT2D eigenvalue weighted by Crippen LogP contribution is -2.30. The summed E-state index contributed by atoms with van der Waals surface area (Å²) in [6.07, 6.45) is 83.4. The van der Waals surface area contributed by atoms with Gasteiger partial charge in [0.15, 0.2) is 12.2 Å². The van der Waals surface area contributed by atoms with Gasteiger partial charge < -0.3 is 33.8 Å². The van der Waals surface area contributed by atoms with Gasteiger partial charge in [0.25, 0.3) is 0 Å². The molecule has 600 valence electrons. The number of hydrogen-bond donors (Lipinski definition) is 3. The third-order valence-electron chi connectivity index (χ3n) is 17.2. The van der Waals surface area contributed by atoms with E-state index in [-0.39, 0.29) is 25.7 Å². The van der Waals surface area contributed by atoms with Crippen LogP contribution in [0.5, 0.6) is 0 Å². The van der Waals surface area contributed by atoms with E-state index in [0.29, 0.717) is 25.7 Å². The van der Waals surface area contributed by atoms with Crippen LogP contribution < -0.4 is 0 Å². The smallest absolute Gasteiger partial charge is 0.462 e. The molecule has 0 radical (unpaired) electrons. The van der Waals surface area contributed by atoms with Gasteiger partial charge in [0.05, 0.1) is 26.4 Å². The van der Waals surface area contributed by atoms with E-state index in [9.17, 15) is 43.2 Å². The Labute approximate surface area is 632 Å². The topological polar surface area (TPSA) is 237 Å². The highest BCUT2D eigenvalue weighted by atomic mass is 31.2. The van der Waals surface area contributed by atoms with E-state index in [1.165, 1.54) is 70.6 Å². The molecular weight excluding hydrogens is 1350 g/mol. The molecule has 0 bridgehead atoms. The molecule has 17 nitrogen and oxygen atoms in total.